The van der Waals surface area contributed by atoms with Crippen molar-refractivity contribution in [2.45, 2.75) is 91.1 Å². The van der Waals surface area contributed by atoms with Crippen molar-refractivity contribution in [3.8, 4) is 17.2 Å². The molecule has 0 fully saturated rings. The summed E-state index contributed by atoms with van der Waals surface area (Å²) in [5, 5.41) is 19.3. The topological polar surface area (TPSA) is 233 Å². The summed E-state index contributed by atoms with van der Waals surface area (Å²) in [5.74, 6) is -1.83. The summed E-state index contributed by atoms with van der Waals surface area (Å²) in [4.78, 5) is 71.3. The van der Waals surface area contributed by atoms with E-state index in [4.69, 9.17) is 29.8 Å². The number of aromatic nitrogens is 4. The SMILES string of the molecule is CC(C)(C)OC(=O)N[C@H]1COc2ccccc2CC1=O.Cc1c(F)c(C(=O)C[C@H]2COc3ccccc3CC2=O)nn1Cc1ccccc1.Cc1c(F)c(C(=O)O)nn1Cc1ccccc1.Cl.N[C@H]1COc2ccccc2CC1=O. The van der Waals surface area contributed by atoms with Gasteiger partial charge in [0.05, 0.1) is 43.0 Å². The number of amides is 1. The lowest BCUT2D eigenvalue weighted by Gasteiger charge is -2.22. The molecule has 20 heteroatoms. The lowest BCUT2D eigenvalue weighted by Crippen LogP contribution is -2.46. The summed E-state index contributed by atoms with van der Waals surface area (Å²) < 4.78 is 52.9. The summed E-state index contributed by atoms with van der Waals surface area (Å²) in [7, 11) is 0. The Balaban J connectivity index is 0.000000179. The van der Waals surface area contributed by atoms with Crippen LogP contribution in [-0.2, 0) is 51.5 Å². The van der Waals surface area contributed by atoms with Crippen LogP contribution in [0.15, 0.2) is 133 Å². The standard InChI is InChI=1S/C23H21FN2O3.C15H19NO4.C12H11FN2O2.C10H11NO2.ClH/c1-15-22(24)23(25-26(15)13-16-7-3-2-4-8-16)20(28)12-18-14-29-21-10-6-5-9-17(21)11-19(18)27;1-15(2,3)20-14(18)16-11-9-19-13-7-5-4-6-10(13)8-12(11)17;1-8-10(13)11(12(16)17)14-15(8)7-9-5-3-2-4-6-9;11-8-6-13-10-4-2-1-3-7(10)5-9(8)12;/h2-10,18H,11-14H2,1H3;4-7,11H,8-9H2,1-3H3,(H,16,18);2-6H,7H2,1H3,(H,16,17);1-4,8H,5-6,11H2;1H/t18-;11-;;8-;/m00.0./s1. The maximum atomic E-state index is 14.7. The van der Waals surface area contributed by atoms with Crippen LogP contribution >= 0.6 is 12.4 Å². The summed E-state index contributed by atoms with van der Waals surface area (Å²) in [6.07, 6.45) is 0.114. The molecule has 80 heavy (non-hydrogen) atoms. The third-order valence-electron chi connectivity index (χ3n) is 12.7. The number of carbonyl (C=O) groups is 6. The van der Waals surface area contributed by atoms with Crippen molar-refractivity contribution in [3.05, 3.63) is 196 Å². The Hall–Kier alpha value is -8.55. The predicted octanol–water partition coefficient (Wildman–Crippen LogP) is 8.87. The van der Waals surface area contributed by atoms with E-state index < -0.39 is 58.8 Å². The molecule has 4 N–H and O–H groups in total. The predicted molar refractivity (Wildman–Crippen MR) is 295 cm³/mol. The minimum atomic E-state index is -1.35. The first kappa shape index (κ1) is 60.7. The molecular weight excluding hydrogens is 1050 g/mol. The number of fused-ring (bicyclic) bond motifs is 3. The quantitative estimate of drug-likeness (QED) is 0.115. The number of hydrogen-bond acceptors (Lipinski definition) is 13. The zero-order chi connectivity index (χ0) is 56.8. The molecule has 5 aromatic carbocycles. The van der Waals surface area contributed by atoms with Crippen molar-refractivity contribution in [2.24, 2.45) is 11.7 Å². The molecule has 10 rings (SSSR count). The highest BCUT2D eigenvalue weighted by Gasteiger charge is 2.31. The number of ketones is 4. The molecule has 3 atom stereocenters. The van der Waals surface area contributed by atoms with E-state index in [2.05, 4.69) is 15.5 Å². The number of halogens is 3. The van der Waals surface area contributed by atoms with Gasteiger partial charge in [0.2, 0.25) is 5.69 Å². The van der Waals surface area contributed by atoms with Crippen LogP contribution in [0.2, 0.25) is 0 Å². The molecule has 0 bridgehead atoms. The van der Waals surface area contributed by atoms with E-state index in [1.165, 1.54) is 16.3 Å². The van der Waals surface area contributed by atoms with Gasteiger partial charge in [0, 0.05) is 42.4 Å². The van der Waals surface area contributed by atoms with Crippen LogP contribution in [-0.4, -0.2) is 97.4 Å². The fraction of sp³-hybridized carbons (Fsp3) is 0.300. The number of nitrogens with one attached hydrogen (secondary N) is 1. The van der Waals surface area contributed by atoms with Crippen LogP contribution in [0.25, 0.3) is 0 Å². The molecular formula is C60H63ClF2N6O11. The zero-order valence-electron chi connectivity index (χ0n) is 44.9. The van der Waals surface area contributed by atoms with E-state index in [0.29, 0.717) is 36.7 Å². The van der Waals surface area contributed by atoms with Crippen molar-refractivity contribution in [1.29, 1.82) is 0 Å². The molecule has 0 saturated heterocycles. The van der Waals surface area contributed by atoms with Crippen LogP contribution in [0.4, 0.5) is 13.6 Å². The number of aromatic carboxylic acids is 1. The number of carbonyl (C=O) groups excluding carboxylic acids is 5. The maximum absolute atomic E-state index is 14.7. The fourth-order valence-electron chi connectivity index (χ4n) is 8.40. The number of rotatable bonds is 9. The van der Waals surface area contributed by atoms with Gasteiger partial charge in [-0.3, -0.25) is 28.5 Å². The van der Waals surface area contributed by atoms with Crippen LogP contribution < -0.4 is 25.3 Å². The van der Waals surface area contributed by atoms with E-state index in [1.807, 2.05) is 127 Å². The van der Waals surface area contributed by atoms with Crippen LogP contribution in [0, 0.1) is 31.4 Å². The van der Waals surface area contributed by atoms with Crippen LogP contribution in [0.1, 0.15) is 87.4 Å². The number of carboxylic acids is 1. The molecule has 0 aliphatic carbocycles. The highest BCUT2D eigenvalue weighted by Crippen LogP contribution is 2.28. The summed E-state index contributed by atoms with van der Waals surface area (Å²) >= 11 is 0. The fourth-order valence-corrected chi connectivity index (χ4v) is 8.40. The summed E-state index contributed by atoms with van der Waals surface area (Å²) in [6.45, 7) is 9.66. The zero-order valence-corrected chi connectivity index (χ0v) is 45.7. The molecule has 1 amide bonds. The van der Waals surface area contributed by atoms with Gasteiger partial charge in [-0.25, -0.2) is 18.4 Å². The molecule has 5 heterocycles. The largest absolute Gasteiger partial charge is 0.493 e. The molecule has 0 radical (unpaired) electrons. The molecule has 7 aromatic rings. The van der Waals surface area contributed by atoms with Gasteiger partial charge in [-0.1, -0.05) is 115 Å². The average Bonchev–Trinajstić information content (AvgIpc) is 3.71. The Labute approximate surface area is 467 Å². The van der Waals surface area contributed by atoms with Crippen molar-refractivity contribution in [2.75, 3.05) is 19.8 Å². The highest BCUT2D eigenvalue weighted by atomic mass is 35.5. The van der Waals surface area contributed by atoms with Crippen molar-refractivity contribution >= 4 is 47.6 Å². The molecule has 0 spiro atoms. The third-order valence-corrected chi connectivity index (χ3v) is 12.7. The Kier molecular flexibility index (Phi) is 21.1. The van der Waals surface area contributed by atoms with Crippen LogP contribution in [0.5, 0.6) is 17.2 Å². The monoisotopic (exact) mass is 1120 g/mol. The Morgan fingerprint density at radius 1 is 0.625 bits per heavy atom. The lowest BCUT2D eigenvalue weighted by molar-refractivity contribution is -0.123. The van der Waals surface area contributed by atoms with Crippen molar-refractivity contribution in [1.82, 2.24) is 24.9 Å². The lowest BCUT2D eigenvalue weighted by atomic mass is 9.94. The second-order valence-electron chi connectivity index (χ2n) is 19.9. The van der Waals surface area contributed by atoms with Crippen LogP contribution in [0.3, 0.4) is 0 Å². The molecule has 3 aliphatic heterocycles. The number of ether oxygens (including phenoxy) is 4. The molecule has 420 valence electrons. The first-order chi connectivity index (χ1) is 37.7. The smallest absolute Gasteiger partial charge is 0.408 e. The first-order valence-electron chi connectivity index (χ1n) is 25.5. The van der Waals surface area contributed by atoms with Gasteiger partial charge < -0.3 is 35.1 Å². The number of benzene rings is 5. The van der Waals surface area contributed by atoms with Gasteiger partial charge in [0.1, 0.15) is 47.9 Å². The van der Waals surface area contributed by atoms with Gasteiger partial charge >= 0.3 is 12.1 Å². The number of nitrogens with zero attached hydrogens (tertiary/aromatic N) is 4. The van der Waals surface area contributed by atoms with E-state index in [9.17, 15) is 37.5 Å². The number of alkyl carbamates (subject to hydrolysis) is 1. The second kappa shape index (κ2) is 27.9. The van der Waals surface area contributed by atoms with E-state index in [0.717, 1.165) is 33.6 Å². The first-order valence-corrected chi connectivity index (χ1v) is 25.5. The Morgan fingerprint density at radius 3 is 1.51 bits per heavy atom. The summed E-state index contributed by atoms with van der Waals surface area (Å²) in [6, 6.07) is 40.0. The van der Waals surface area contributed by atoms with Gasteiger partial charge in [0.25, 0.3) is 0 Å². The van der Waals surface area contributed by atoms with E-state index in [-0.39, 0.29) is 80.2 Å². The van der Waals surface area contributed by atoms with Gasteiger partial charge in [-0.2, -0.15) is 10.2 Å². The minimum absolute atomic E-state index is 0. The highest BCUT2D eigenvalue weighted by molar-refractivity contribution is 5.98. The second-order valence-corrected chi connectivity index (χ2v) is 19.9. The van der Waals surface area contributed by atoms with Gasteiger partial charge in [0.15, 0.2) is 34.7 Å². The van der Waals surface area contributed by atoms with E-state index in [1.54, 1.807) is 33.8 Å². The molecule has 2 aromatic heterocycles. The Morgan fingerprint density at radius 2 is 1.04 bits per heavy atom. The molecule has 0 saturated carbocycles. The minimum Gasteiger partial charge on any atom is -0.493 e. The van der Waals surface area contributed by atoms with Gasteiger partial charge in [-0.05, 0) is 63.9 Å². The normalized spacial score (nSPS) is 16.2. The number of para-hydroxylation sites is 3. The average molecular weight is 1120 g/mol. The molecule has 0 unspecified atom stereocenters. The number of carboxylic acid groups (broad SMARTS) is 1. The molecule has 3 aliphatic rings. The van der Waals surface area contributed by atoms with Crippen molar-refractivity contribution in [3.63, 3.8) is 0 Å². The summed E-state index contributed by atoms with van der Waals surface area (Å²) in [5.41, 5.74) is 9.25. The number of nitrogens with two attached hydrogens (primary N) is 1. The van der Waals surface area contributed by atoms with Gasteiger partial charge in [-0.15, -0.1) is 12.4 Å². The molecule has 17 nitrogen and oxygen atoms in total. The van der Waals surface area contributed by atoms with E-state index >= 15 is 0 Å². The number of hydrogen-bond donors (Lipinski definition) is 3. The van der Waals surface area contributed by atoms with Crippen molar-refractivity contribution < 1.29 is 61.6 Å². The Bertz CT molecular complexity index is 3310. The maximum Gasteiger partial charge on any atom is 0.408 e. The number of Topliss-reactive ketones (excluding diaryl/α,β-unsaturated/α-hetero) is 4. The third kappa shape index (κ3) is 16.5.